The molecule has 32 heavy (non-hydrogen) atoms. The van der Waals surface area contributed by atoms with Gasteiger partial charge in [0.15, 0.2) is 23.0 Å². The predicted octanol–water partition coefficient (Wildman–Crippen LogP) is 4.29. The number of hydrazone groups is 1. The molecule has 0 radical (unpaired) electrons. The molecule has 1 N–H and O–H groups in total. The largest absolute Gasteiger partial charge is 0.493 e. The Labute approximate surface area is 187 Å². The molecule has 164 valence electrons. The molecule has 0 amide bonds. The minimum Gasteiger partial charge on any atom is -0.493 e. The average Bonchev–Trinajstić information content (AvgIpc) is 2.85. The zero-order chi connectivity index (χ0) is 22.8. The summed E-state index contributed by atoms with van der Waals surface area (Å²) in [4.78, 5) is 0. The monoisotopic (exact) mass is 431 g/mol. The first-order chi connectivity index (χ1) is 15.7. The van der Waals surface area contributed by atoms with Crippen LogP contribution in [0.5, 0.6) is 23.0 Å². The van der Waals surface area contributed by atoms with Crippen LogP contribution in [0.2, 0.25) is 0 Å². The van der Waals surface area contributed by atoms with Crippen LogP contribution >= 0.6 is 0 Å². The smallest absolute Gasteiger partial charge is 0.161 e. The van der Waals surface area contributed by atoms with Crippen molar-refractivity contribution in [2.24, 2.45) is 5.10 Å². The number of hydrogen-bond acceptors (Lipinski definition) is 7. The zero-order valence-corrected chi connectivity index (χ0v) is 18.3. The van der Waals surface area contributed by atoms with E-state index in [0.29, 0.717) is 41.7 Å². The highest BCUT2D eigenvalue weighted by atomic mass is 16.5. The fourth-order valence-electron chi connectivity index (χ4n) is 2.97. The number of nitrogens with one attached hydrogen (secondary N) is 1. The van der Waals surface area contributed by atoms with E-state index in [1.807, 2.05) is 48.5 Å². The predicted molar refractivity (Wildman–Crippen MR) is 122 cm³/mol. The van der Waals surface area contributed by atoms with E-state index in [0.717, 1.165) is 16.7 Å². The molecule has 0 saturated carbocycles. The maximum atomic E-state index is 8.88. The van der Waals surface area contributed by atoms with Crippen molar-refractivity contribution in [3.63, 3.8) is 0 Å². The number of methoxy groups -OCH3 is 3. The SMILES string of the molecule is COc1ccc(CN/N=C/c2ccc(OCc3ccc(C#N)cc3)c(OC)c2)cc1OC. The molecule has 0 saturated heterocycles. The van der Waals surface area contributed by atoms with Gasteiger partial charge in [0, 0.05) is 0 Å². The Hall–Kier alpha value is -4.18. The van der Waals surface area contributed by atoms with Crippen LogP contribution in [-0.2, 0) is 13.2 Å². The van der Waals surface area contributed by atoms with Gasteiger partial charge in [0.05, 0.1) is 45.7 Å². The number of ether oxygens (including phenoxy) is 4. The highest BCUT2D eigenvalue weighted by Crippen LogP contribution is 2.29. The van der Waals surface area contributed by atoms with Crippen LogP contribution < -0.4 is 24.4 Å². The number of nitriles is 1. The Bertz CT molecular complexity index is 1110. The molecule has 0 unspecified atom stereocenters. The van der Waals surface area contributed by atoms with Crippen LogP contribution in [0.3, 0.4) is 0 Å². The van der Waals surface area contributed by atoms with Crippen LogP contribution in [-0.4, -0.2) is 27.5 Å². The lowest BCUT2D eigenvalue weighted by atomic mass is 10.1. The van der Waals surface area contributed by atoms with Gasteiger partial charge in [-0.3, -0.25) is 0 Å². The summed E-state index contributed by atoms with van der Waals surface area (Å²) in [6, 6.07) is 20.7. The Kier molecular flexibility index (Phi) is 7.93. The Morgan fingerprint density at radius 2 is 1.47 bits per heavy atom. The van der Waals surface area contributed by atoms with E-state index in [-0.39, 0.29) is 0 Å². The summed E-state index contributed by atoms with van der Waals surface area (Å²) >= 11 is 0. The summed E-state index contributed by atoms with van der Waals surface area (Å²) in [5.41, 5.74) is 6.50. The third-order valence-electron chi connectivity index (χ3n) is 4.70. The molecular formula is C25H25N3O4. The molecule has 0 aliphatic rings. The fraction of sp³-hybridized carbons (Fsp3) is 0.200. The minimum atomic E-state index is 0.377. The maximum absolute atomic E-state index is 8.88. The van der Waals surface area contributed by atoms with Crippen LogP contribution in [0.4, 0.5) is 0 Å². The summed E-state index contributed by atoms with van der Waals surface area (Å²) in [6.45, 7) is 0.919. The molecule has 7 heteroatoms. The molecule has 7 nitrogen and oxygen atoms in total. The number of hydrogen-bond donors (Lipinski definition) is 1. The van der Waals surface area contributed by atoms with Crippen LogP contribution in [0, 0.1) is 11.3 Å². The molecule has 0 heterocycles. The quantitative estimate of drug-likeness (QED) is 0.381. The number of nitrogens with zero attached hydrogens (tertiary/aromatic N) is 2. The lowest BCUT2D eigenvalue weighted by molar-refractivity contribution is 0.284. The summed E-state index contributed by atoms with van der Waals surface area (Å²) in [5, 5.41) is 13.2. The van der Waals surface area contributed by atoms with Crippen molar-refractivity contribution in [2.75, 3.05) is 21.3 Å². The van der Waals surface area contributed by atoms with Gasteiger partial charge >= 0.3 is 0 Å². The van der Waals surface area contributed by atoms with E-state index in [2.05, 4.69) is 16.6 Å². The van der Waals surface area contributed by atoms with Crippen molar-refractivity contribution in [3.8, 4) is 29.1 Å². The fourth-order valence-corrected chi connectivity index (χ4v) is 2.97. The van der Waals surface area contributed by atoms with Crippen molar-refractivity contribution in [1.82, 2.24) is 5.43 Å². The van der Waals surface area contributed by atoms with Gasteiger partial charge in [-0.15, -0.1) is 0 Å². The lowest BCUT2D eigenvalue weighted by Crippen LogP contribution is -2.06. The second-order valence-electron chi connectivity index (χ2n) is 6.79. The molecule has 3 rings (SSSR count). The first kappa shape index (κ1) is 22.5. The van der Waals surface area contributed by atoms with Gasteiger partial charge in [-0.25, -0.2) is 0 Å². The molecule has 3 aromatic carbocycles. The minimum absolute atomic E-state index is 0.377. The second-order valence-corrected chi connectivity index (χ2v) is 6.79. The van der Waals surface area contributed by atoms with Gasteiger partial charge in [0.1, 0.15) is 6.61 Å². The van der Waals surface area contributed by atoms with Crippen molar-refractivity contribution in [1.29, 1.82) is 5.26 Å². The van der Waals surface area contributed by atoms with Gasteiger partial charge in [-0.1, -0.05) is 18.2 Å². The van der Waals surface area contributed by atoms with E-state index in [4.69, 9.17) is 24.2 Å². The Morgan fingerprint density at radius 3 is 2.16 bits per heavy atom. The van der Waals surface area contributed by atoms with E-state index >= 15 is 0 Å². The Morgan fingerprint density at radius 1 is 0.812 bits per heavy atom. The standard InChI is InChI=1S/C25H25N3O4/c1-29-22-10-8-20(12-24(22)30-2)15-27-28-16-21-9-11-23(25(13-21)31-3)32-17-19-6-4-18(14-26)5-7-19/h4-13,16,27H,15,17H2,1-3H3/b28-16+. The first-order valence-electron chi connectivity index (χ1n) is 9.93. The highest BCUT2D eigenvalue weighted by Gasteiger charge is 2.06. The Balaban J connectivity index is 1.57. The molecule has 0 bridgehead atoms. The molecule has 0 spiro atoms. The van der Waals surface area contributed by atoms with Gasteiger partial charge < -0.3 is 24.4 Å². The van der Waals surface area contributed by atoms with E-state index in [1.54, 1.807) is 39.7 Å². The van der Waals surface area contributed by atoms with Crippen LogP contribution in [0.25, 0.3) is 0 Å². The van der Waals surface area contributed by atoms with E-state index in [9.17, 15) is 0 Å². The maximum Gasteiger partial charge on any atom is 0.161 e. The zero-order valence-electron chi connectivity index (χ0n) is 18.3. The summed E-state index contributed by atoms with van der Waals surface area (Å²) in [6.07, 6.45) is 1.72. The molecule has 0 aliphatic carbocycles. The highest BCUT2D eigenvalue weighted by molar-refractivity contribution is 5.80. The van der Waals surface area contributed by atoms with Crippen molar-refractivity contribution in [3.05, 3.63) is 82.9 Å². The molecule has 0 aliphatic heterocycles. The van der Waals surface area contributed by atoms with E-state index in [1.165, 1.54) is 0 Å². The van der Waals surface area contributed by atoms with Crippen molar-refractivity contribution in [2.45, 2.75) is 13.2 Å². The third kappa shape index (κ3) is 5.92. The van der Waals surface area contributed by atoms with Gasteiger partial charge in [0.25, 0.3) is 0 Å². The van der Waals surface area contributed by atoms with Gasteiger partial charge in [0.2, 0.25) is 0 Å². The van der Waals surface area contributed by atoms with Crippen molar-refractivity contribution >= 4 is 6.21 Å². The molecule has 3 aromatic rings. The third-order valence-corrected chi connectivity index (χ3v) is 4.70. The molecule has 0 fully saturated rings. The van der Waals surface area contributed by atoms with E-state index < -0.39 is 0 Å². The summed E-state index contributed by atoms with van der Waals surface area (Å²) < 4.78 is 21.9. The second kappa shape index (κ2) is 11.3. The summed E-state index contributed by atoms with van der Waals surface area (Å²) in [7, 11) is 4.82. The average molecular weight is 431 g/mol. The topological polar surface area (TPSA) is 85.1 Å². The molecule has 0 aromatic heterocycles. The lowest BCUT2D eigenvalue weighted by Gasteiger charge is -2.11. The van der Waals surface area contributed by atoms with Crippen LogP contribution in [0.1, 0.15) is 22.3 Å². The number of rotatable bonds is 10. The van der Waals surface area contributed by atoms with Gasteiger partial charge in [-0.05, 0) is 59.2 Å². The molecular weight excluding hydrogens is 406 g/mol. The summed E-state index contributed by atoms with van der Waals surface area (Å²) in [5.74, 6) is 2.61. The number of benzene rings is 3. The van der Waals surface area contributed by atoms with Gasteiger partial charge in [-0.2, -0.15) is 10.4 Å². The van der Waals surface area contributed by atoms with Crippen LogP contribution in [0.15, 0.2) is 65.8 Å². The first-order valence-corrected chi connectivity index (χ1v) is 9.93. The van der Waals surface area contributed by atoms with Crippen molar-refractivity contribution < 1.29 is 18.9 Å². The molecule has 0 atom stereocenters. The normalized spacial score (nSPS) is 10.4.